The zero-order chi connectivity index (χ0) is 21.4. The highest BCUT2D eigenvalue weighted by Crippen LogP contribution is 2.18. The van der Waals surface area contributed by atoms with Crippen molar-refractivity contribution in [3.05, 3.63) is 66.4 Å². The van der Waals surface area contributed by atoms with Crippen molar-refractivity contribution in [3.63, 3.8) is 0 Å². The fourth-order valence-electron chi connectivity index (χ4n) is 3.71. The third-order valence-corrected chi connectivity index (χ3v) is 5.55. The second-order valence-corrected chi connectivity index (χ2v) is 8.91. The topological polar surface area (TPSA) is 31.2 Å². The minimum atomic E-state index is -0.132. The zero-order valence-electron chi connectivity index (χ0n) is 19.0. The van der Waals surface area contributed by atoms with Gasteiger partial charge >= 0.3 is 5.97 Å². The van der Waals surface area contributed by atoms with E-state index in [1.807, 2.05) is 12.1 Å². The van der Waals surface area contributed by atoms with E-state index in [-0.39, 0.29) is 29.9 Å². The number of carbonyl (C=O) groups is 1. The molecule has 0 saturated carbocycles. The van der Waals surface area contributed by atoms with Gasteiger partial charge in [-0.25, -0.2) is 0 Å². The van der Waals surface area contributed by atoms with Crippen LogP contribution in [0.1, 0.15) is 37.7 Å². The van der Waals surface area contributed by atoms with Gasteiger partial charge in [0, 0.05) is 18.3 Å². The first-order valence-electron chi connectivity index (χ1n) is 11.0. The molecule has 1 heterocycles. The molecule has 31 heavy (non-hydrogen) atoms. The maximum atomic E-state index is 12.0. The van der Waals surface area contributed by atoms with E-state index in [1.54, 1.807) is 0 Å². The van der Waals surface area contributed by atoms with Crippen LogP contribution in [0, 0.1) is 0 Å². The number of nitrogens with zero attached hydrogens (tertiary/aromatic N) is 2. The summed E-state index contributed by atoms with van der Waals surface area (Å²) in [5.74, 6) is -0.132. The van der Waals surface area contributed by atoms with Crippen LogP contribution < -0.4 is 28.5 Å². The van der Waals surface area contributed by atoms with Crippen molar-refractivity contribution in [2.45, 2.75) is 45.1 Å². The molecule has 168 valence electrons. The summed E-state index contributed by atoms with van der Waals surface area (Å²) in [6, 6.07) is 18.9. The van der Waals surface area contributed by atoms with Crippen LogP contribution in [0.4, 0.5) is 5.69 Å². The van der Waals surface area contributed by atoms with Crippen LogP contribution in [0.3, 0.4) is 0 Å². The monoisotopic (exact) mass is 534 g/mol. The average Bonchev–Trinajstić information content (AvgIpc) is 3.13. The van der Waals surface area contributed by atoms with Crippen LogP contribution in [-0.4, -0.2) is 38.3 Å². The molecule has 0 saturated heterocycles. The lowest BCUT2D eigenvalue weighted by atomic mass is 10.1. The van der Waals surface area contributed by atoms with Gasteiger partial charge in [0.25, 0.3) is 0 Å². The fourth-order valence-corrected chi connectivity index (χ4v) is 3.71. The van der Waals surface area contributed by atoms with Crippen LogP contribution in [0.15, 0.2) is 60.8 Å². The van der Waals surface area contributed by atoms with Gasteiger partial charge < -0.3 is 33.3 Å². The molecule has 0 aliphatic heterocycles. The van der Waals surface area contributed by atoms with Crippen molar-refractivity contribution >= 4 is 22.6 Å². The summed E-state index contributed by atoms with van der Waals surface area (Å²) in [5.41, 5.74) is 3.54. The van der Waals surface area contributed by atoms with Gasteiger partial charge in [0.05, 0.1) is 34.2 Å². The largest absolute Gasteiger partial charge is 1.00 e. The van der Waals surface area contributed by atoms with Gasteiger partial charge in [0.1, 0.15) is 5.69 Å². The second kappa shape index (κ2) is 12.2. The number of aromatic nitrogens is 1. The van der Waals surface area contributed by atoms with E-state index >= 15 is 0 Å². The summed E-state index contributed by atoms with van der Waals surface area (Å²) < 4.78 is 8.52. The Morgan fingerprint density at radius 2 is 1.55 bits per heavy atom. The van der Waals surface area contributed by atoms with Gasteiger partial charge in [-0.05, 0) is 48.1 Å². The molecule has 0 N–H and O–H groups in total. The number of hydrogen-bond acceptors (Lipinski definition) is 2. The Kier molecular flexibility index (Phi) is 10.0. The molecule has 0 aliphatic rings. The van der Waals surface area contributed by atoms with E-state index < -0.39 is 0 Å². The molecule has 5 heteroatoms. The quantitative estimate of drug-likeness (QED) is 0.164. The number of carbonyl (C=O) groups excluding carboxylic acids is 1. The van der Waals surface area contributed by atoms with E-state index in [4.69, 9.17) is 4.74 Å². The van der Waals surface area contributed by atoms with Crippen LogP contribution in [0.2, 0.25) is 0 Å². The molecule has 0 spiro atoms. The standard InChI is InChI=1S/C26H35N2O2.HI/c1-28(2,3)24-15-13-22(14-16-24)21-26(29)30-20-10-6-4-5-9-18-27-19-17-23-11-7-8-12-25(23)27;/h7-8,11-17,19H,4-6,9-10,18,20-21H2,1-3H3;1H/q+1;/p-1. The molecule has 0 fully saturated rings. The van der Waals surface area contributed by atoms with Gasteiger partial charge in [0.15, 0.2) is 0 Å². The van der Waals surface area contributed by atoms with Gasteiger partial charge in [-0.3, -0.25) is 9.28 Å². The van der Waals surface area contributed by atoms with E-state index in [9.17, 15) is 4.79 Å². The smallest absolute Gasteiger partial charge is 0.310 e. The minimum absolute atomic E-state index is 0. The number of hydrogen-bond donors (Lipinski definition) is 0. The van der Waals surface area contributed by atoms with E-state index in [0.717, 1.165) is 29.4 Å². The number of para-hydroxylation sites is 1. The number of fused-ring (bicyclic) bond motifs is 1. The number of benzene rings is 2. The lowest BCUT2D eigenvalue weighted by Gasteiger charge is -2.23. The van der Waals surface area contributed by atoms with E-state index in [2.05, 4.69) is 74.4 Å². The van der Waals surface area contributed by atoms with Crippen LogP contribution in [0.25, 0.3) is 10.9 Å². The molecule has 0 radical (unpaired) electrons. The molecule has 0 amide bonds. The second-order valence-electron chi connectivity index (χ2n) is 8.91. The number of aryl methyl sites for hydroxylation is 1. The molecular weight excluding hydrogens is 499 g/mol. The highest BCUT2D eigenvalue weighted by atomic mass is 127. The molecule has 1 aromatic heterocycles. The highest BCUT2D eigenvalue weighted by Gasteiger charge is 2.12. The first kappa shape index (κ1) is 25.4. The Bertz CT molecular complexity index is 942. The van der Waals surface area contributed by atoms with Crippen LogP contribution in [0.5, 0.6) is 0 Å². The fraction of sp³-hybridized carbons (Fsp3) is 0.423. The number of halogens is 1. The first-order chi connectivity index (χ1) is 14.4. The Morgan fingerprint density at radius 1 is 0.871 bits per heavy atom. The Balaban J connectivity index is 0.00000341. The van der Waals surface area contributed by atoms with Crippen molar-refractivity contribution in [3.8, 4) is 0 Å². The van der Waals surface area contributed by atoms with Crippen molar-refractivity contribution < 1.29 is 33.5 Å². The predicted octanol–water partition coefficient (Wildman–Crippen LogP) is 2.58. The number of esters is 1. The predicted molar refractivity (Wildman–Crippen MR) is 126 cm³/mol. The summed E-state index contributed by atoms with van der Waals surface area (Å²) in [4.78, 5) is 12.0. The van der Waals surface area contributed by atoms with Gasteiger partial charge in [-0.15, -0.1) is 0 Å². The summed E-state index contributed by atoms with van der Waals surface area (Å²) in [6.07, 6.45) is 8.16. The Labute approximate surface area is 203 Å². The number of rotatable bonds is 11. The molecule has 0 bridgehead atoms. The molecule has 2 aromatic carbocycles. The summed E-state index contributed by atoms with van der Waals surface area (Å²) in [6.45, 7) is 1.59. The van der Waals surface area contributed by atoms with Crippen LogP contribution in [-0.2, 0) is 22.5 Å². The van der Waals surface area contributed by atoms with E-state index in [1.165, 1.54) is 35.9 Å². The lowest BCUT2D eigenvalue weighted by Crippen LogP contribution is -3.00. The third kappa shape index (κ3) is 7.96. The average molecular weight is 534 g/mol. The Hall–Kier alpha value is -1.86. The summed E-state index contributed by atoms with van der Waals surface area (Å²) in [7, 11) is 6.39. The molecule has 0 unspecified atom stereocenters. The molecule has 3 aromatic rings. The molecule has 0 atom stereocenters. The number of quaternary nitrogens is 1. The van der Waals surface area contributed by atoms with Crippen molar-refractivity contribution in [1.29, 1.82) is 0 Å². The van der Waals surface area contributed by atoms with E-state index in [0.29, 0.717) is 13.0 Å². The van der Waals surface area contributed by atoms with Crippen molar-refractivity contribution in [2.24, 2.45) is 0 Å². The maximum Gasteiger partial charge on any atom is 0.310 e. The maximum absolute atomic E-state index is 12.0. The van der Waals surface area contributed by atoms with Crippen molar-refractivity contribution in [1.82, 2.24) is 9.05 Å². The summed E-state index contributed by atoms with van der Waals surface area (Å²) in [5, 5.41) is 1.31. The Morgan fingerprint density at radius 3 is 2.29 bits per heavy atom. The third-order valence-electron chi connectivity index (χ3n) is 5.55. The summed E-state index contributed by atoms with van der Waals surface area (Å²) >= 11 is 0. The lowest BCUT2D eigenvalue weighted by molar-refractivity contribution is -0.142. The van der Waals surface area contributed by atoms with Crippen molar-refractivity contribution in [2.75, 3.05) is 27.7 Å². The minimum Gasteiger partial charge on any atom is -1.00 e. The molecule has 3 rings (SSSR count). The number of unbranched alkanes of at least 4 members (excludes halogenated alkanes) is 4. The molecular formula is C26H35IN2O2. The van der Waals surface area contributed by atoms with Gasteiger partial charge in [-0.2, -0.15) is 0 Å². The zero-order valence-corrected chi connectivity index (χ0v) is 21.2. The molecule has 0 aliphatic carbocycles. The molecule has 4 nitrogen and oxygen atoms in total. The number of ether oxygens (including phenoxy) is 1. The highest BCUT2D eigenvalue weighted by molar-refractivity contribution is 5.79. The van der Waals surface area contributed by atoms with Gasteiger partial charge in [-0.1, -0.05) is 49.6 Å². The first-order valence-corrected chi connectivity index (χ1v) is 11.0. The van der Waals surface area contributed by atoms with Gasteiger partial charge in [0.2, 0.25) is 0 Å². The normalized spacial score (nSPS) is 11.3. The SMILES string of the molecule is C[N+](C)(C)c1ccc(CC(=O)OCCCCCCCn2ccc3ccccc32)cc1.[I-]. The van der Waals surface area contributed by atoms with Crippen LogP contribution >= 0.6 is 0 Å².